The van der Waals surface area contributed by atoms with Gasteiger partial charge in [-0.3, -0.25) is 9.11 Å². The Morgan fingerprint density at radius 3 is 2.59 bits per heavy atom. The number of aryl methyl sites for hydroxylation is 1. The van der Waals surface area contributed by atoms with Gasteiger partial charge in [-0.25, -0.2) is 14.8 Å². The fraction of sp³-hybridized carbons (Fsp3) is 0.130. The van der Waals surface area contributed by atoms with Gasteiger partial charge in [-0.2, -0.15) is 10.6 Å². The number of aromatic nitrogens is 3. The van der Waals surface area contributed by atoms with Crippen molar-refractivity contribution < 1.29 is 23.2 Å². The van der Waals surface area contributed by atoms with Crippen molar-refractivity contribution in [3.05, 3.63) is 65.9 Å². The monoisotopic (exact) mass is 479 g/mol. The minimum absolute atomic E-state index is 0.118. The van der Waals surface area contributed by atoms with Crippen LogP contribution in [-0.4, -0.2) is 36.1 Å². The molecular weight excluding hydrogens is 458 g/mol. The standard InChI is InChI=1S/C23H21N5O5S/c24-11-13-1-3-14(4-2-13)17-10-19(33-28-17)21-22(32-23(25)29)26-12-18(27-21)15-5-6-20-16(9-15)7-8-34(20,30)31/h1-6,9-10,12,30-31H,7-8,11,24H2,(H2,25,29). The second-order valence-electron chi connectivity index (χ2n) is 7.75. The van der Waals surface area contributed by atoms with E-state index in [4.69, 9.17) is 20.7 Å². The first kappa shape index (κ1) is 22.0. The fourth-order valence-electron chi connectivity index (χ4n) is 3.80. The van der Waals surface area contributed by atoms with Crippen LogP contribution in [0.4, 0.5) is 4.79 Å². The summed E-state index contributed by atoms with van der Waals surface area (Å²) in [5, 5.41) is 4.11. The molecule has 1 amide bonds. The molecule has 11 heteroatoms. The first-order valence-corrected chi connectivity index (χ1v) is 12.1. The number of carbonyl (C=O) groups excluding carboxylic acids is 1. The van der Waals surface area contributed by atoms with Gasteiger partial charge in [0.25, 0.3) is 5.88 Å². The summed E-state index contributed by atoms with van der Waals surface area (Å²) >= 11 is 0. The van der Waals surface area contributed by atoms with Crippen molar-refractivity contribution in [1.29, 1.82) is 0 Å². The minimum Gasteiger partial charge on any atom is -0.389 e. The molecule has 1 aliphatic heterocycles. The fourth-order valence-corrected chi connectivity index (χ4v) is 5.39. The summed E-state index contributed by atoms with van der Waals surface area (Å²) in [7, 11) is -2.74. The number of fused-ring (bicyclic) bond motifs is 1. The first-order valence-electron chi connectivity index (χ1n) is 10.3. The first-order chi connectivity index (χ1) is 16.3. The zero-order valence-electron chi connectivity index (χ0n) is 17.8. The van der Waals surface area contributed by atoms with Crippen LogP contribution in [0.25, 0.3) is 34.0 Å². The summed E-state index contributed by atoms with van der Waals surface area (Å²) in [6.07, 6.45) is 0.964. The van der Waals surface area contributed by atoms with Crippen molar-refractivity contribution in [2.45, 2.75) is 17.9 Å². The Bertz CT molecular complexity index is 1390. The van der Waals surface area contributed by atoms with E-state index in [1.165, 1.54) is 6.20 Å². The van der Waals surface area contributed by atoms with Gasteiger partial charge in [0.1, 0.15) is 5.69 Å². The van der Waals surface area contributed by atoms with Crippen molar-refractivity contribution >= 4 is 16.7 Å². The number of nitrogens with two attached hydrogens (primary N) is 2. The van der Waals surface area contributed by atoms with Crippen LogP contribution in [0.3, 0.4) is 0 Å². The lowest BCUT2D eigenvalue weighted by Gasteiger charge is -2.27. The number of hydrogen-bond donors (Lipinski definition) is 4. The molecule has 0 saturated carbocycles. The van der Waals surface area contributed by atoms with Gasteiger partial charge in [-0.15, -0.1) is 0 Å². The predicted molar refractivity (Wildman–Crippen MR) is 126 cm³/mol. The van der Waals surface area contributed by atoms with E-state index in [9.17, 15) is 13.9 Å². The van der Waals surface area contributed by atoms with Gasteiger partial charge in [0.15, 0.2) is 11.5 Å². The van der Waals surface area contributed by atoms with Crippen LogP contribution in [0.1, 0.15) is 11.1 Å². The van der Waals surface area contributed by atoms with Gasteiger partial charge < -0.3 is 20.7 Å². The number of primary amides is 1. The summed E-state index contributed by atoms with van der Waals surface area (Å²) in [5.41, 5.74) is 15.4. The van der Waals surface area contributed by atoms with E-state index in [1.54, 1.807) is 18.2 Å². The maximum absolute atomic E-state index is 11.4. The highest BCUT2D eigenvalue weighted by atomic mass is 32.3. The normalized spacial score (nSPS) is 15.0. The lowest BCUT2D eigenvalue weighted by molar-refractivity contribution is 0.209. The molecule has 4 aromatic rings. The van der Waals surface area contributed by atoms with Gasteiger partial charge in [-0.05, 0) is 29.7 Å². The Balaban J connectivity index is 1.54. The summed E-state index contributed by atoms with van der Waals surface area (Å²) in [6.45, 7) is 0.433. The molecule has 2 aromatic heterocycles. The summed E-state index contributed by atoms with van der Waals surface area (Å²) in [5.74, 6) is 0.424. The quantitative estimate of drug-likeness (QED) is 0.329. The third-order valence-corrected chi connectivity index (χ3v) is 7.41. The summed E-state index contributed by atoms with van der Waals surface area (Å²) < 4.78 is 30.9. The van der Waals surface area contributed by atoms with Crippen molar-refractivity contribution in [2.75, 3.05) is 5.75 Å². The van der Waals surface area contributed by atoms with Crippen molar-refractivity contribution in [3.63, 3.8) is 0 Å². The lowest BCUT2D eigenvalue weighted by Crippen LogP contribution is -2.17. The zero-order valence-corrected chi connectivity index (χ0v) is 18.7. The largest absolute Gasteiger partial charge is 0.411 e. The Labute approximate surface area is 195 Å². The van der Waals surface area contributed by atoms with Crippen LogP contribution >= 0.6 is 10.6 Å². The van der Waals surface area contributed by atoms with Gasteiger partial charge in [0, 0.05) is 29.5 Å². The molecule has 0 fully saturated rings. The number of amides is 1. The van der Waals surface area contributed by atoms with Crippen LogP contribution in [0.15, 0.2) is 64.1 Å². The van der Waals surface area contributed by atoms with E-state index in [1.807, 2.05) is 30.3 Å². The van der Waals surface area contributed by atoms with E-state index in [0.29, 0.717) is 40.6 Å². The van der Waals surface area contributed by atoms with E-state index < -0.39 is 16.7 Å². The Hall–Kier alpha value is -3.77. The average molecular weight is 480 g/mol. The van der Waals surface area contributed by atoms with Crippen LogP contribution in [0, 0.1) is 0 Å². The molecule has 0 spiro atoms. The molecular formula is C23H21N5O5S. The molecule has 2 aromatic carbocycles. The topological polar surface area (TPSA) is 171 Å². The summed E-state index contributed by atoms with van der Waals surface area (Å²) in [6, 6.07) is 14.5. The van der Waals surface area contributed by atoms with E-state index >= 15 is 0 Å². The highest BCUT2D eigenvalue weighted by Gasteiger charge is 2.27. The number of carbonyl (C=O) groups is 1. The number of rotatable bonds is 5. The molecule has 0 atom stereocenters. The Morgan fingerprint density at radius 1 is 1.09 bits per heavy atom. The molecule has 174 valence electrons. The van der Waals surface area contributed by atoms with Gasteiger partial charge >= 0.3 is 6.09 Å². The molecule has 0 aliphatic carbocycles. The van der Waals surface area contributed by atoms with Gasteiger partial charge in [0.2, 0.25) is 0 Å². The smallest absolute Gasteiger partial charge is 0.389 e. The van der Waals surface area contributed by atoms with Crippen LogP contribution in [-0.2, 0) is 13.0 Å². The van der Waals surface area contributed by atoms with Crippen LogP contribution in [0.5, 0.6) is 5.88 Å². The van der Waals surface area contributed by atoms with E-state index in [0.717, 1.165) is 16.7 Å². The van der Waals surface area contributed by atoms with Crippen LogP contribution in [0.2, 0.25) is 0 Å². The van der Waals surface area contributed by atoms with Gasteiger partial charge in [-0.1, -0.05) is 35.5 Å². The Kier molecular flexibility index (Phi) is 5.54. The van der Waals surface area contributed by atoms with Crippen molar-refractivity contribution in [1.82, 2.24) is 15.1 Å². The number of nitrogens with zero attached hydrogens (tertiary/aromatic N) is 3. The number of ether oxygens (including phenoxy) is 1. The molecule has 0 bridgehead atoms. The molecule has 1 aliphatic rings. The lowest BCUT2D eigenvalue weighted by atomic mass is 10.1. The van der Waals surface area contributed by atoms with Crippen molar-refractivity contribution in [2.24, 2.45) is 11.5 Å². The Morgan fingerprint density at radius 2 is 1.85 bits per heavy atom. The highest BCUT2D eigenvalue weighted by molar-refractivity contribution is 8.24. The molecule has 34 heavy (non-hydrogen) atoms. The molecule has 10 nitrogen and oxygen atoms in total. The molecule has 5 rings (SSSR count). The molecule has 0 saturated heterocycles. The van der Waals surface area contributed by atoms with Gasteiger partial charge in [0.05, 0.1) is 16.8 Å². The highest BCUT2D eigenvalue weighted by Crippen LogP contribution is 2.55. The minimum atomic E-state index is -2.74. The predicted octanol–water partition coefficient (Wildman–Crippen LogP) is 4.05. The van der Waals surface area contributed by atoms with Crippen molar-refractivity contribution in [3.8, 4) is 39.8 Å². The third-order valence-electron chi connectivity index (χ3n) is 5.53. The van der Waals surface area contributed by atoms with E-state index in [-0.39, 0.29) is 17.3 Å². The maximum atomic E-state index is 11.4. The second-order valence-corrected chi connectivity index (χ2v) is 9.93. The number of benzene rings is 2. The summed E-state index contributed by atoms with van der Waals surface area (Å²) in [4.78, 5) is 20.8. The molecule has 0 unspecified atom stereocenters. The maximum Gasteiger partial charge on any atom is 0.411 e. The average Bonchev–Trinajstić information content (AvgIpc) is 3.44. The molecule has 6 N–H and O–H groups in total. The SMILES string of the molecule is NCc1ccc(-c2cc(-c3nc(-c4ccc5c(c4)CCS5(O)O)cnc3OC(N)=O)on2)cc1. The van der Waals surface area contributed by atoms with E-state index in [2.05, 4.69) is 15.1 Å². The number of hydrogen-bond acceptors (Lipinski definition) is 9. The zero-order chi connectivity index (χ0) is 23.9. The van der Waals surface area contributed by atoms with Crippen LogP contribution < -0.4 is 16.2 Å². The molecule has 3 heterocycles. The molecule has 0 radical (unpaired) electrons. The third kappa shape index (κ3) is 4.13. The second kappa shape index (κ2) is 8.54.